The van der Waals surface area contributed by atoms with Gasteiger partial charge in [0.2, 0.25) is 5.91 Å². The van der Waals surface area contributed by atoms with Crippen molar-refractivity contribution in [1.29, 1.82) is 0 Å². The average Bonchev–Trinajstić information content (AvgIpc) is 3.52. The predicted molar refractivity (Wildman–Crippen MR) is 128 cm³/mol. The molecule has 1 saturated carbocycles. The van der Waals surface area contributed by atoms with Crippen molar-refractivity contribution in [2.75, 3.05) is 5.32 Å². The van der Waals surface area contributed by atoms with Gasteiger partial charge in [-0.15, -0.1) is 11.3 Å². The maximum absolute atomic E-state index is 15.0. The summed E-state index contributed by atoms with van der Waals surface area (Å²) in [4.78, 5) is 31.8. The van der Waals surface area contributed by atoms with Crippen LogP contribution in [0.5, 0.6) is 0 Å². The molecular weight excluding hydrogens is 455 g/mol. The van der Waals surface area contributed by atoms with E-state index in [0.717, 1.165) is 23.2 Å². The van der Waals surface area contributed by atoms with Crippen LogP contribution in [0.1, 0.15) is 30.5 Å². The lowest BCUT2D eigenvalue weighted by molar-refractivity contribution is -0.138. The Hall–Kier alpha value is -3.85. The fourth-order valence-corrected chi connectivity index (χ4v) is 5.09. The van der Waals surface area contributed by atoms with Gasteiger partial charge in [0.05, 0.1) is 16.8 Å². The number of benzene rings is 2. The van der Waals surface area contributed by atoms with Crippen molar-refractivity contribution < 1.29 is 19.1 Å². The number of nitrogens with zero attached hydrogens (tertiary/aromatic N) is 2. The number of amides is 1. The SMILES string of the molecule is NC(=O)[C@@H](CC(=O)O)Nc1ccc(-c2nc3nc(C4(c5ccccc5)CC4)ccc3s2)c(F)c1. The number of nitrogens with two attached hydrogens (primary N) is 1. The van der Waals surface area contributed by atoms with Crippen LogP contribution in [0.3, 0.4) is 0 Å². The Morgan fingerprint density at radius 3 is 2.53 bits per heavy atom. The van der Waals surface area contributed by atoms with Crippen LogP contribution in [-0.2, 0) is 15.0 Å². The van der Waals surface area contributed by atoms with Gasteiger partial charge in [-0.1, -0.05) is 30.3 Å². The van der Waals surface area contributed by atoms with Crippen molar-refractivity contribution in [3.63, 3.8) is 0 Å². The first-order chi connectivity index (χ1) is 16.4. The molecule has 0 spiro atoms. The Morgan fingerprint density at radius 2 is 1.88 bits per heavy atom. The summed E-state index contributed by atoms with van der Waals surface area (Å²) in [6.45, 7) is 0. The number of carboxylic acids is 1. The van der Waals surface area contributed by atoms with Gasteiger partial charge in [0, 0.05) is 16.7 Å². The average molecular weight is 477 g/mol. The summed E-state index contributed by atoms with van der Waals surface area (Å²) in [5.41, 5.74) is 8.51. The zero-order valence-corrected chi connectivity index (χ0v) is 18.8. The molecule has 1 aliphatic carbocycles. The third kappa shape index (κ3) is 4.10. The molecule has 9 heteroatoms. The molecule has 1 fully saturated rings. The van der Waals surface area contributed by atoms with Crippen molar-refractivity contribution in [3.05, 3.63) is 77.7 Å². The summed E-state index contributed by atoms with van der Waals surface area (Å²) < 4.78 is 15.8. The number of fused-ring (bicyclic) bond motifs is 1. The molecular formula is C25H21FN4O3S. The molecule has 2 heterocycles. The topological polar surface area (TPSA) is 118 Å². The lowest BCUT2D eigenvalue weighted by Gasteiger charge is -2.15. The molecule has 0 aliphatic heterocycles. The largest absolute Gasteiger partial charge is 0.481 e. The molecule has 2 aromatic carbocycles. The van der Waals surface area contributed by atoms with E-state index < -0.39 is 30.2 Å². The van der Waals surface area contributed by atoms with Crippen molar-refractivity contribution in [3.8, 4) is 10.6 Å². The van der Waals surface area contributed by atoms with E-state index in [1.807, 2.05) is 30.3 Å². The van der Waals surface area contributed by atoms with Crippen molar-refractivity contribution >= 4 is 39.2 Å². The van der Waals surface area contributed by atoms with Crippen LogP contribution >= 0.6 is 11.3 Å². The van der Waals surface area contributed by atoms with Crippen LogP contribution in [0, 0.1) is 5.82 Å². The van der Waals surface area contributed by atoms with Crippen LogP contribution < -0.4 is 11.1 Å². The highest BCUT2D eigenvalue weighted by Crippen LogP contribution is 2.53. The monoisotopic (exact) mass is 476 g/mol. The second-order valence-electron chi connectivity index (χ2n) is 8.38. The highest BCUT2D eigenvalue weighted by Gasteiger charge is 2.47. The van der Waals surface area contributed by atoms with Gasteiger partial charge < -0.3 is 16.2 Å². The second-order valence-corrected chi connectivity index (χ2v) is 9.41. The number of pyridine rings is 1. The van der Waals surface area contributed by atoms with E-state index in [-0.39, 0.29) is 11.1 Å². The number of aliphatic carboxylic acids is 1. The minimum Gasteiger partial charge on any atom is -0.481 e. The van der Waals surface area contributed by atoms with Gasteiger partial charge in [-0.2, -0.15) is 0 Å². The molecule has 172 valence electrons. The normalized spacial score (nSPS) is 15.1. The van der Waals surface area contributed by atoms with Crippen molar-refractivity contribution in [1.82, 2.24) is 9.97 Å². The van der Waals surface area contributed by atoms with Gasteiger partial charge in [0.15, 0.2) is 5.65 Å². The molecule has 0 radical (unpaired) electrons. The molecule has 34 heavy (non-hydrogen) atoms. The molecule has 5 rings (SSSR count). The van der Waals surface area contributed by atoms with Gasteiger partial charge >= 0.3 is 5.97 Å². The number of rotatable bonds is 8. The van der Waals surface area contributed by atoms with Crippen LogP contribution in [-0.4, -0.2) is 33.0 Å². The molecule has 4 N–H and O–H groups in total. The first-order valence-electron chi connectivity index (χ1n) is 10.8. The van der Waals surface area contributed by atoms with Crippen molar-refractivity contribution in [2.24, 2.45) is 5.73 Å². The third-order valence-electron chi connectivity index (χ3n) is 6.08. The van der Waals surface area contributed by atoms with Crippen LogP contribution in [0.25, 0.3) is 20.9 Å². The summed E-state index contributed by atoms with van der Waals surface area (Å²) in [5, 5.41) is 12.1. The van der Waals surface area contributed by atoms with E-state index in [9.17, 15) is 14.0 Å². The Balaban J connectivity index is 1.42. The predicted octanol–water partition coefficient (Wildman–Crippen LogP) is 4.32. The number of anilines is 1. The number of primary amides is 1. The van der Waals surface area contributed by atoms with E-state index >= 15 is 0 Å². The molecule has 4 aromatic rings. The summed E-state index contributed by atoms with van der Waals surface area (Å²) in [6.07, 6.45) is 1.56. The number of nitrogens with one attached hydrogen (secondary N) is 1. The second kappa shape index (κ2) is 8.49. The lowest BCUT2D eigenvalue weighted by atomic mass is 9.92. The maximum atomic E-state index is 15.0. The minimum absolute atomic E-state index is 0.0787. The van der Waals surface area contributed by atoms with Crippen LogP contribution in [0.2, 0.25) is 0 Å². The van der Waals surface area contributed by atoms with Gasteiger partial charge in [0.1, 0.15) is 16.9 Å². The first kappa shape index (κ1) is 22.0. The fourth-order valence-electron chi connectivity index (χ4n) is 4.15. The van der Waals surface area contributed by atoms with E-state index in [4.69, 9.17) is 15.8 Å². The summed E-state index contributed by atoms with van der Waals surface area (Å²) in [5.74, 6) is -2.57. The Labute approximate surface area is 198 Å². The first-order valence-corrected chi connectivity index (χ1v) is 11.6. The highest BCUT2D eigenvalue weighted by molar-refractivity contribution is 7.21. The zero-order valence-electron chi connectivity index (χ0n) is 18.0. The number of halogens is 1. The summed E-state index contributed by atoms with van der Waals surface area (Å²) >= 11 is 1.35. The summed E-state index contributed by atoms with van der Waals surface area (Å²) in [6, 6.07) is 17.5. The van der Waals surface area contributed by atoms with Crippen LogP contribution in [0.4, 0.5) is 10.1 Å². The quantitative estimate of drug-likeness (QED) is 0.349. The molecule has 1 aliphatic rings. The highest BCUT2D eigenvalue weighted by atomic mass is 32.1. The van der Waals surface area contributed by atoms with Crippen molar-refractivity contribution in [2.45, 2.75) is 30.7 Å². The van der Waals surface area contributed by atoms with Crippen LogP contribution in [0.15, 0.2) is 60.7 Å². The fraction of sp³-hybridized carbons (Fsp3) is 0.200. The lowest BCUT2D eigenvalue weighted by Crippen LogP contribution is -2.37. The van der Waals surface area contributed by atoms with E-state index in [1.165, 1.54) is 23.0 Å². The Morgan fingerprint density at radius 1 is 1.12 bits per heavy atom. The number of carbonyl (C=O) groups excluding carboxylic acids is 1. The standard InChI is InChI=1S/C25H21FN4O3S/c26-17-12-15(28-18(22(27)33)13-21(31)32)6-7-16(17)24-30-23-19(34-24)8-9-20(29-23)25(10-11-25)14-4-2-1-3-5-14/h1-9,12,18,28H,10-11,13H2,(H2,27,33)(H,31,32)/t18-/m1/s1. The van der Waals surface area contributed by atoms with E-state index in [2.05, 4.69) is 22.4 Å². The minimum atomic E-state index is -1.19. The van der Waals surface area contributed by atoms with E-state index in [1.54, 1.807) is 12.1 Å². The number of hydrogen-bond acceptors (Lipinski definition) is 6. The summed E-state index contributed by atoms with van der Waals surface area (Å²) in [7, 11) is 0. The number of thiazole rings is 1. The molecule has 2 aromatic heterocycles. The Bertz CT molecular complexity index is 1400. The third-order valence-corrected chi connectivity index (χ3v) is 7.13. The molecule has 7 nitrogen and oxygen atoms in total. The molecule has 1 atom stereocenters. The number of carboxylic acid groups (broad SMARTS) is 1. The van der Waals surface area contributed by atoms with Gasteiger partial charge in [0.25, 0.3) is 0 Å². The smallest absolute Gasteiger partial charge is 0.305 e. The van der Waals surface area contributed by atoms with E-state index in [0.29, 0.717) is 16.2 Å². The molecule has 1 amide bonds. The van der Waals surface area contributed by atoms with Gasteiger partial charge in [-0.3, -0.25) is 9.59 Å². The Kier molecular flexibility index (Phi) is 5.49. The van der Waals surface area contributed by atoms with Gasteiger partial charge in [-0.05, 0) is 48.7 Å². The van der Waals surface area contributed by atoms with Gasteiger partial charge in [-0.25, -0.2) is 14.4 Å². The molecule has 0 unspecified atom stereocenters. The number of aromatic nitrogens is 2. The number of carbonyl (C=O) groups is 2. The maximum Gasteiger partial charge on any atom is 0.305 e. The zero-order chi connectivity index (χ0) is 23.9. The molecule has 0 saturated heterocycles. The molecule has 0 bridgehead atoms. The number of hydrogen-bond donors (Lipinski definition) is 3.